The van der Waals surface area contributed by atoms with Crippen LogP contribution in [0.4, 0.5) is 0 Å². The van der Waals surface area contributed by atoms with Crippen LogP contribution < -0.4 is 5.73 Å². The lowest BCUT2D eigenvalue weighted by Gasteiger charge is -2.21. The highest BCUT2D eigenvalue weighted by atomic mass is 16.4. The topological polar surface area (TPSA) is 61.8 Å². The molecular weight excluding hydrogens is 214 g/mol. The predicted octanol–water partition coefficient (Wildman–Crippen LogP) is 1.95. The molecule has 94 valence electrons. The molecule has 0 saturated carbocycles. The van der Waals surface area contributed by atoms with Crippen LogP contribution in [0.15, 0.2) is 29.4 Å². The van der Waals surface area contributed by atoms with Crippen molar-refractivity contribution in [2.75, 3.05) is 13.1 Å². The van der Waals surface area contributed by atoms with E-state index in [2.05, 4.69) is 36.0 Å². The van der Waals surface area contributed by atoms with Gasteiger partial charge in [0, 0.05) is 6.54 Å². The molecule has 0 aliphatic carbocycles. The Kier molecular flexibility index (Phi) is 5.49. The molecule has 0 atom stereocenters. The standard InChI is InChI=1S/C13H21N3O/c1-3-8-16(10-13(14)15-17)9-12-7-5-4-6-11(12)2/h4-7,17H,3,8-10H2,1-2H3,(H2,14,15). The van der Waals surface area contributed by atoms with Gasteiger partial charge in [0.1, 0.15) is 0 Å². The molecular formula is C13H21N3O. The summed E-state index contributed by atoms with van der Waals surface area (Å²) in [6.45, 7) is 6.49. The summed E-state index contributed by atoms with van der Waals surface area (Å²) in [4.78, 5) is 2.18. The van der Waals surface area contributed by atoms with E-state index in [-0.39, 0.29) is 5.84 Å². The average Bonchev–Trinajstić information content (AvgIpc) is 2.32. The highest BCUT2D eigenvalue weighted by Gasteiger charge is 2.08. The predicted molar refractivity (Wildman–Crippen MR) is 70.2 cm³/mol. The van der Waals surface area contributed by atoms with Crippen LogP contribution >= 0.6 is 0 Å². The number of benzene rings is 1. The van der Waals surface area contributed by atoms with Crippen molar-refractivity contribution in [3.8, 4) is 0 Å². The SMILES string of the molecule is CCCN(CC(N)=NO)Cc1ccccc1C. The molecule has 0 amide bonds. The van der Waals surface area contributed by atoms with Gasteiger partial charge in [-0.15, -0.1) is 0 Å². The number of nitrogens with zero attached hydrogens (tertiary/aromatic N) is 2. The maximum Gasteiger partial charge on any atom is 0.153 e. The Labute approximate surface area is 103 Å². The fraction of sp³-hybridized carbons (Fsp3) is 0.462. The molecule has 4 nitrogen and oxygen atoms in total. The average molecular weight is 235 g/mol. The van der Waals surface area contributed by atoms with Crippen molar-refractivity contribution in [2.24, 2.45) is 10.9 Å². The minimum absolute atomic E-state index is 0.257. The Bertz CT molecular complexity index is 377. The van der Waals surface area contributed by atoms with Gasteiger partial charge in [0.05, 0.1) is 6.54 Å². The molecule has 0 heterocycles. The molecule has 4 heteroatoms. The van der Waals surface area contributed by atoms with Crippen LogP contribution in [-0.2, 0) is 6.54 Å². The molecule has 0 aromatic heterocycles. The van der Waals surface area contributed by atoms with Crippen molar-refractivity contribution >= 4 is 5.84 Å². The van der Waals surface area contributed by atoms with E-state index in [1.54, 1.807) is 0 Å². The van der Waals surface area contributed by atoms with Gasteiger partial charge in [-0.25, -0.2) is 0 Å². The maximum absolute atomic E-state index is 8.61. The van der Waals surface area contributed by atoms with Crippen molar-refractivity contribution in [1.29, 1.82) is 0 Å². The quantitative estimate of drug-likeness (QED) is 0.343. The van der Waals surface area contributed by atoms with E-state index in [4.69, 9.17) is 10.9 Å². The number of aryl methyl sites for hydroxylation is 1. The third-order valence-electron chi connectivity index (χ3n) is 2.71. The molecule has 0 saturated heterocycles. The highest BCUT2D eigenvalue weighted by Crippen LogP contribution is 2.10. The van der Waals surface area contributed by atoms with E-state index in [1.165, 1.54) is 11.1 Å². The molecule has 1 aromatic carbocycles. The molecule has 1 aromatic rings. The summed E-state index contributed by atoms with van der Waals surface area (Å²) in [7, 11) is 0. The summed E-state index contributed by atoms with van der Waals surface area (Å²) in [5.74, 6) is 0.257. The molecule has 0 bridgehead atoms. The van der Waals surface area contributed by atoms with Crippen LogP contribution in [0.5, 0.6) is 0 Å². The zero-order valence-electron chi connectivity index (χ0n) is 10.6. The second kappa shape index (κ2) is 6.91. The van der Waals surface area contributed by atoms with Gasteiger partial charge in [0.2, 0.25) is 0 Å². The molecule has 0 spiro atoms. The monoisotopic (exact) mass is 235 g/mol. The van der Waals surface area contributed by atoms with E-state index in [0.29, 0.717) is 6.54 Å². The normalized spacial score (nSPS) is 12.1. The van der Waals surface area contributed by atoms with Crippen molar-refractivity contribution in [1.82, 2.24) is 4.90 Å². The van der Waals surface area contributed by atoms with Crippen molar-refractivity contribution in [3.63, 3.8) is 0 Å². The Hall–Kier alpha value is -1.55. The van der Waals surface area contributed by atoms with Gasteiger partial charge in [0.25, 0.3) is 0 Å². The molecule has 0 unspecified atom stereocenters. The highest BCUT2D eigenvalue weighted by molar-refractivity contribution is 5.81. The van der Waals surface area contributed by atoms with Crippen LogP contribution in [0.1, 0.15) is 24.5 Å². The molecule has 3 N–H and O–H groups in total. The van der Waals surface area contributed by atoms with Crippen LogP contribution in [0.25, 0.3) is 0 Å². The Morgan fingerprint density at radius 2 is 2.12 bits per heavy atom. The molecule has 0 radical (unpaired) electrons. The van der Waals surface area contributed by atoms with Crippen LogP contribution in [0.2, 0.25) is 0 Å². The van der Waals surface area contributed by atoms with Gasteiger partial charge in [-0.2, -0.15) is 0 Å². The zero-order chi connectivity index (χ0) is 12.7. The van der Waals surface area contributed by atoms with E-state index >= 15 is 0 Å². The van der Waals surface area contributed by atoms with E-state index in [0.717, 1.165) is 19.5 Å². The van der Waals surface area contributed by atoms with Crippen LogP contribution in [0, 0.1) is 6.92 Å². The first-order valence-corrected chi connectivity index (χ1v) is 5.90. The van der Waals surface area contributed by atoms with Gasteiger partial charge in [-0.3, -0.25) is 4.90 Å². The third kappa shape index (κ3) is 4.44. The minimum Gasteiger partial charge on any atom is -0.409 e. The summed E-state index contributed by atoms with van der Waals surface area (Å²) < 4.78 is 0. The van der Waals surface area contributed by atoms with E-state index < -0.39 is 0 Å². The first kappa shape index (κ1) is 13.5. The van der Waals surface area contributed by atoms with Gasteiger partial charge in [0.15, 0.2) is 5.84 Å². The summed E-state index contributed by atoms with van der Waals surface area (Å²) >= 11 is 0. The third-order valence-corrected chi connectivity index (χ3v) is 2.71. The molecule has 0 aliphatic heterocycles. The number of nitrogens with two attached hydrogens (primary N) is 1. The molecule has 17 heavy (non-hydrogen) atoms. The van der Waals surface area contributed by atoms with Gasteiger partial charge < -0.3 is 10.9 Å². The Morgan fingerprint density at radius 3 is 2.71 bits per heavy atom. The summed E-state index contributed by atoms with van der Waals surface area (Å²) in [5, 5.41) is 11.6. The lowest BCUT2D eigenvalue weighted by atomic mass is 10.1. The smallest absolute Gasteiger partial charge is 0.153 e. The van der Waals surface area contributed by atoms with Crippen molar-refractivity contribution in [3.05, 3.63) is 35.4 Å². The molecule has 0 fully saturated rings. The number of rotatable bonds is 6. The summed E-state index contributed by atoms with van der Waals surface area (Å²) in [5.41, 5.74) is 8.11. The number of hydrogen-bond donors (Lipinski definition) is 2. The summed E-state index contributed by atoms with van der Waals surface area (Å²) in [6.07, 6.45) is 1.05. The van der Waals surface area contributed by atoms with Crippen molar-refractivity contribution < 1.29 is 5.21 Å². The number of oxime groups is 1. The van der Waals surface area contributed by atoms with Gasteiger partial charge >= 0.3 is 0 Å². The fourth-order valence-corrected chi connectivity index (χ4v) is 1.82. The van der Waals surface area contributed by atoms with Gasteiger partial charge in [-0.05, 0) is 31.0 Å². The van der Waals surface area contributed by atoms with Crippen molar-refractivity contribution in [2.45, 2.75) is 26.8 Å². The Balaban J connectivity index is 2.69. The zero-order valence-corrected chi connectivity index (χ0v) is 10.6. The van der Waals surface area contributed by atoms with E-state index in [9.17, 15) is 0 Å². The largest absolute Gasteiger partial charge is 0.409 e. The second-order valence-electron chi connectivity index (χ2n) is 4.23. The summed E-state index contributed by atoms with van der Waals surface area (Å²) in [6, 6.07) is 8.29. The maximum atomic E-state index is 8.61. The lowest BCUT2D eigenvalue weighted by molar-refractivity contribution is 0.285. The Morgan fingerprint density at radius 1 is 1.41 bits per heavy atom. The minimum atomic E-state index is 0.257. The molecule has 0 aliphatic rings. The van der Waals surface area contributed by atoms with Crippen LogP contribution in [-0.4, -0.2) is 29.0 Å². The van der Waals surface area contributed by atoms with E-state index in [1.807, 2.05) is 12.1 Å². The second-order valence-corrected chi connectivity index (χ2v) is 4.23. The number of hydrogen-bond acceptors (Lipinski definition) is 3. The van der Waals surface area contributed by atoms with Gasteiger partial charge in [-0.1, -0.05) is 36.3 Å². The first-order chi connectivity index (χ1) is 8.17. The first-order valence-electron chi connectivity index (χ1n) is 5.90. The fourth-order valence-electron chi connectivity index (χ4n) is 1.82. The van der Waals surface area contributed by atoms with Crippen LogP contribution in [0.3, 0.4) is 0 Å². The number of amidine groups is 1. The lowest BCUT2D eigenvalue weighted by Crippen LogP contribution is -2.34. The molecule has 1 rings (SSSR count).